The van der Waals surface area contributed by atoms with Gasteiger partial charge in [0.15, 0.2) is 0 Å². The molecule has 1 aliphatic carbocycles. The maximum absolute atomic E-state index is 13.0. The quantitative estimate of drug-likeness (QED) is 0.288. The summed E-state index contributed by atoms with van der Waals surface area (Å²) in [6, 6.07) is 20.0. The van der Waals surface area contributed by atoms with Crippen LogP contribution in [0.3, 0.4) is 0 Å². The highest BCUT2D eigenvalue weighted by atomic mass is 16.6. The van der Waals surface area contributed by atoms with Crippen molar-refractivity contribution >= 4 is 23.6 Å². The molecule has 3 amide bonds. The molecule has 0 saturated heterocycles. The first-order chi connectivity index (χ1) is 20.4. The van der Waals surface area contributed by atoms with Crippen molar-refractivity contribution < 1.29 is 19.1 Å². The van der Waals surface area contributed by atoms with E-state index in [1.807, 2.05) is 100 Å². The Balaban J connectivity index is 1.46. The van der Waals surface area contributed by atoms with Crippen LogP contribution >= 0.6 is 0 Å². The molecule has 3 aromatic rings. The van der Waals surface area contributed by atoms with E-state index in [4.69, 9.17) is 9.72 Å². The van der Waals surface area contributed by atoms with Crippen LogP contribution in [-0.4, -0.2) is 46.5 Å². The van der Waals surface area contributed by atoms with Crippen LogP contribution in [0.1, 0.15) is 78.3 Å². The van der Waals surface area contributed by atoms with Gasteiger partial charge in [-0.3, -0.25) is 14.6 Å². The van der Waals surface area contributed by atoms with Gasteiger partial charge in [0.1, 0.15) is 5.60 Å². The summed E-state index contributed by atoms with van der Waals surface area (Å²) in [6.45, 7) is 9.03. The molecule has 0 unspecified atom stereocenters. The fourth-order valence-electron chi connectivity index (χ4n) is 5.57. The first kappa shape index (κ1) is 31.7. The number of benzene rings is 2. The molecule has 1 atom stereocenters. The van der Waals surface area contributed by atoms with Gasteiger partial charge in [0.2, 0.25) is 11.8 Å². The monoisotopic (exact) mass is 584 g/mol. The van der Waals surface area contributed by atoms with Crippen molar-refractivity contribution in [2.45, 2.75) is 84.4 Å². The molecular formula is C35H44N4O4. The minimum absolute atomic E-state index is 0.0206. The standard InChI is InChI=1S/C35H44N4O4/c1-23(37-34(42)43-35(3,4)5)26-14-16-28(17-15-26)33-31(27-10-8-7-9-11-27)21-29(22-36-33)38-32(41)20-25-12-18-30(19-13-25)39(6)24(2)40/h7-11,14-17,21-23,25,30H,12-13,18-20H2,1-6H3,(H,37,42)(H,38,41)/t23-,25?,30?/m1/s1. The summed E-state index contributed by atoms with van der Waals surface area (Å²) in [5, 5.41) is 5.95. The van der Waals surface area contributed by atoms with Crippen LogP contribution in [-0.2, 0) is 14.3 Å². The van der Waals surface area contributed by atoms with Gasteiger partial charge in [-0.1, -0.05) is 54.6 Å². The number of nitrogens with one attached hydrogen (secondary N) is 2. The highest BCUT2D eigenvalue weighted by Gasteiger charge is 2.26. The summed E-state index contributed by atoms with van der Waals surface area (Å²) in [6.07, 6.45) is 5.43. The predicted octanol–water partition coefficient (Wildman–Crippen LogP) is 7.37. The number of anilines is 1. The molecule has 2 aromatic carbocycles. The third-order valence-corrected chi connectivity index (χ3v) is 8.01. The number of alkyl carbamates (subject to hydrolysis) is 1. The summed E-state index contributed by atoms with van der Waals surface area (Å²) in [7, 11) is 1.86. The fraction of sp³-hybridized carbons (Fsp3) is 0.429. The lowest BCUT2D eigenvalue weighted by molar-refractivity contribution is -0.130. The fourth-order valence-corrected chi connectivity index (χ4v) is 5.57. The molecule has 1 aliphatic rings. The van der Waals surface area contributed by atoms with Crippen molar-refractivity contribution in [3.8, 4) is 22.4 Å². The SMILES string of the molecule is CC(=O)N(C)C1CCC(CC(=O)Nc2cnc(-c3ccc([C@@H](C)NC(=O)OC(C)(C)C)cc3)c(-c3ccccc3)c2)CC1. The second-order valence-electron chi connectivity index (χ2n) is 12.5. The minimum atomic E-state index is -0.563. The molecule has 1 fully saturated rings. The molecule has 2 N–H and O–H groups in total. The van der Waals surface area contributed by atoms with Crippen LogP contribution in [0.4, 0.5) is 10.5 Å². The average molecular weight is 585 g/mol. The third kappa shape index (κ3) is 8.89. The van der Waals surface area contributed by atoms with Crippen LogP contribution in [0.5, 0.6) is 0 Å². The molecule has 0 bridgehead atoms. The van der Waals surface area contributed by atoms with Crippen LogP contribution in [0.25, 0.3) is 22.4 Å². The van der Waals surface area contributed by atoms with E-state index in [-0.39, 0.29) is 23.9 Å². The molecule has 0 radical (unpaired) electrons. The Hall–Kier alpha value is -4.20. The van der Waals surface area contributed by atoms with E-state index in [1.165, 1.54) is 0 Å². The molecule has 1 heterocycles. The molecule has 0 spiro atoms. The first-order valence-corrected chi connectivity index (χ1v) is 15.1. The van der Waals surface area contributed by atoms with Crippen LogP contribution in [0, 0.1) is 5.92 Å². The summed E-state index contributed by atoms with van der Waals surface area (Å²) < 4.78 is 5.39. The van der Waals surface area contributed by atoms with Crippen LogP contribution < -0.4 is 10.6 Å². The van der Waals surface area contributed by atoms with E-state index < -0.39 is 11.7 Å². The Morgan fingerprint density at radius 2 is 1.63 bits per heavy atom. The zero-order valence-corrected chi connectivity index (χ0v) is 26.1. The first-order valence-electron chi connectivity index (χ1n) is 15.1. The average Bonchev–Trinajstić information content (AvgIpc) is 2.96. The Morgan fingerprint density at radius 3 is 2.23 bits per heavy atom. The highest BCUT2D eigenvalue weighted by molar-refractivity contribution is 5.93. The molecule has 1 saturated carbocycles. The maximum Gasteiger partial charge on any atom is 0.408 e. The van der Waals surface area contributed by atoms with Crippen molar-refractivity contribution in [3.05, 3.63) is 72.4 Å². The lowest BCUT2D eigenvalue weighted by atomic mass is 9.83. The number of hydrogen-bond acceptors (Lipinski definition) is 5. The summed E-state index contributed by atoms with van der Waals surface area (Å²) in [4.78, 5) is 43.6. The van der Waals surface area contributed by atoms with E-state index in [2.05, 4.69) is 10.6 Å². The molecule has 4 rings (SSSR count). The smallest absolute Gasteiger partial charge is 0.408 e. The van der Waals surface area contributed by atoms with Gasteiger partial charge >= 0.3 is 6.09 Å². The highest BCUT2D eigenvalue weighted by Crippen LogP contribution is 2.34. The second kappa shape index (κ2) is 13.8. The van der Waals surface area contributed by atoms with E-state index >= 15 is 0 Å². The lowest BCUT2D eigenvalue weighted by Gasteiger charge is -2.34. The van der Waals surface area contributed by atoms with Crippen LogP contribution in [0.2, 0.25) is 0 Å². The minimum Gasteiger partial charge on any atom is -0.444 e. The topological polar surface area (TPSA) is 101 Å². The molecule has 0 aliphatic heterocycles. The Kier molecular flexibility index (Phi) is 10.2. The van der Waals surface area contributed by atoms with Gasteiger partial charge in [-0.15, -0.1) is 0 Å². The zero-order chi connectivity index (χ0) is 31.1. The van der Waals surface area contributed by atoms with E-state index in [0.29, 0.717) is 18.0 Å². The summed E-state index contributed by atoms with van der Waals surface area (Å²) in [5.41, 5.74) is 4.68. The van der Waals surface area contributed by atoms with Gasteiger partial charge in [0, 0.05) is 37.6 Å². The molecule has 8 nitrogen and oxygen atoms in total. The van der Waals surface area contributed by atoms with E-state index in [1.54, 1.807) is 13.1 Å². The van der Waals surface area contributed by atoms with Gasteiger partial charge in [0.05, 0.1) is 23.6 Å². The van der Waals surface area contributed by atoms with Crippen molar-refractivity contribution in [2.75, 3.05) is 12.4 Å². The van der Waals surface area contributed by atoms with Gasteiger partial charge in [-0.2, -0.15) is 0 Å². The predicted molar refractivity (Wildman–Crippen MR) is 170 cm³/mol. The second-order valence-corrected chi connectivity index (χ2v) is 12.5. The summed E-state index contributed by atoms with van der Waals surface area (Å²) >= 11 is 0. The zero-order valence-electron chi connectivity index (χ0n) is 26.1. The van der Waals surface area contributed by atoms with Crippen molar-refractivity contribution in [3.63, 3.8) is 0 Å². The molecular weight excluding hydrogens is 540 g/mol. The number of rotatable bonds is 8. The number of nitrogens with zero attached hydrogens (tertiary/aromatic N) is 2. The molecule has 43 heavy (non-hydrogen) atoms. The number of ether oxygens (including phenoxy) is 1. The maximum atomic E-state index is 13.0. The number of hydrogen-bond donors (Lipinski definition) is 2. The van der Waals surface area contributed by atoms with Gasteiger partial charge in [0.25, 0.3) is 0 Å². The van der Waals surface area contributed by atoms with Crippen molar-refractivity contribution in [1.29, 1.82) is 0 Å². The number of amides is 3. The number of aromatic nitrogens is 1. The molecule has 1 aromatic heterocycles. The Morgan fingerprint density at radius 1 is 0.977 bits per heavy atom. The number of pyridine rings is 1. The Bertz CT molecular complexity index is 1410. The van der Waals surface area contributed by atoms with E-state index in [9.17, 15) is 14.4 Å². The van der Waals surface area contributed by atoms with E-state index in [0.717, 1.165) is 53.6 Å². The number of carbonyl (C=O) groups is 3. The van der Waals surface area contributed by atoms with Crippen molar-refractivity contribution in [2.24, 2.45) is 5.92 Å². The summed E-state index contributed by atoms with van der Waals surface area (Å²) in [5.74, 6) is 0.378. The third-order valence-electron chi connectivity index (χ3n) is 8.01. The largest absolute Gasteiger partial charge is 0.444 e. The number of carbonyl (C=O) groups excluding carboxylic acids is 3. The van der Waals surface area contributed by atoms with Gasteiger partial charge < -0.3 is 20.3 Å². The molecule has 228 valence electrons. The normalized spacial score (nSPS) is 17.4. The Labute approximate surface area is 255 Å². The van der Waals surface area contributed by atoms with Gasteiger partial charge in [-0.05, 0) is 76.5 Å². The van der Waals surface area contributed by atoms with Gasteiger partial charge in [-0.25, -0.2) is 4.79 Å². The molecule has 8 heteroatoms. The van der Waals surface area contributed by atoms with Crippen LogP contribution in [0.15, 0.2) is 66.9 Å². The lowest BCUT2D eigenvalue weighted by Crippen LogP contribution is -2.38. The van der Waals surface area contributed by atoms with Crippen molar-refractivity contribution in [1.82, 2.24) is 15.2 Å².